The van der Waals surface area contributed by atoms with E-state index in [1.165, 1.54) is 12.1 Å². The van der Waals surface area contributed by atoms with E-state index in [9.17, 15) is 19.2 Å². The van der Waals surface area contributed by atoms with Crippen molar-refractivity contribution in [3.8, 4) is 5.75 Å². The van der Waals surface area contributed by atoms with Crippen LogP contribution < -0.4 is 15.2 Å². The van der Waals surface area contributed by atoms with Gasteiger partial charge in [0.05, 0.1) is 5.92 Å². The Morgan fingerprint density at radius 1 is 1.36 bits per heavy atom. The highest BCUT2D eigenvalue weighted by atomic mass is 19.1. The quantitative estimate of drug-likeness (QED) is 0.420. The molecule has 0 bridgehead atoms. The molecular formula is C13H17FN2O6. The molecule has 122 valence electrons. The fourth-order valence-corrected chi connectivity index (χ4v) is 1.82. The van der Waals surface area contributed by atoms with E-state index in [1.54, 1.807) is 0 Å². The van der Waals surface area contributed by atoms with Crippen molar-refractivity contribution in [3.63, 3.8) is 0 Å². The molecule has 0 saturated carbocycles. The zero-order valence-electron chi connectivity index (χ0n) is 11.6. The van der Waals surface area contributed by atoms with E-state index in [2.05, 4.69) is 0 Å². The van der Waals surface area contributed by atoms with Crippen molar-refractivity contribution in [2.24, 2.45) is 11.7 Å². The fourth-order valence-electron chi connectivity index (χ4n) is 1.82. The summed E-state index contributed by atoms with van der Waals surface area (Å²) in [4.78, 5) is 21.8. The Labute approximate surface area is 125 Å². The first-order valence-corrected chi connectivity index (χ1v) is 6.47. The fraction of sp³-hybridized carbons (Fsp3) is 0.462. The Hall–Kier alpha value is -2.42. The standard InChI is InChI=1S/C13H17FN2O6/c14-3-4-22-10-2-1-9(16(21)7-10)5-8(12(17)18)6-11(15)13(19)20/h1-2,7-8,11H,3-6,15H2,(H,17,18)(H,19,20)/t8?,11-/m0/s1. The average molecular weight is 316 g/mol. The summed E-state index contributed by atoms with van der Waals surface area (Å²) in [5, 5.41) is 29.6. The van der Waals surface area contributed by atoms with Gasteiger partial charge in [-0.05, 0) is 12.5 Å². The monoisotopic (exact) mass is 316 g/mol. The largest absolute Gasteiger partial charge is 0.618 e. The van der Waals surface area contributed by atoms with Crippen LogP contribution in [0.15, 0.2) is 18.3 Å². The van der Waals surface area contributed by atoms with E-state index in [0.29, 0.717) is 4.73 Å². The maximum atomic E-state index is 12.0. The van der Waals surface area contributed by atoms with Gasteiger partial charge in [-0.1, -0.05) is 0 Å². The van der Waals surface area contributed by atoms with Crippen molar-refractivity contribution in [1.29, 1.82) is 0 Å². The lowest BCUT2D eigenvalue weighted by atomic mass is 9.95. The summed E-state index contributed by atoms with van der Waals surface area (Å²) in [6.07, 6.45) is 0.578. The predicted octanol–water partition coefficient (Wildman–Crippen LogP) is -0.286. The summed E-state index contributed by atoms with van der Waals surface area (Å²) in [6.45, 7) is -0.890. The van der Waals surface area contributed by atoms with E-state index in [0.717, 1.165) is 6.20 Å². The molecule has 0 aliphatic heterocycles. The molecule has 9 heteroatoms. The summed E-state index contributed by atoms with van der Waals surface area (Å²) in [5.41, 5.74) is 5.45. The molecule has 1 unspecified atom stereocenters. The van der Waals surface area contributed by atoms with Crippen molar-refractivity contribution in [2.75, 3.05) is 13.3 Å². The first-order valence-electron chi connectivity index (χ1n) is 6.47. The molecule has 0 amide bonds. The lowest BCUT2D eigenvalue weighted by Crippen LogP contribution is -2.38. The van der Waals surface area contributed by atoms with E-state index in [-0.39, 0.29) is 30.9 Å². The third-order valence-corrected chi connectivity index (χ3v) is 2.97. The van der Waals surface area contributed by atoms with Gasteiger partial charge in [-0.15, -0.1) is 0 Å². The highest BCUT2D eigenvalue weighted by molar-refractivity contribution is 5.75. The molecule has 8 nitrogen and oxygen atoms in total. The van der Waals surface area contributed by atoms with Gasteiger partial charge in [0.15, 0.2) is 11.4 Å². The van der Waals surface area contributed by atoms with Gasteiger partial charge in [0.1, 0.15) is 19.3 Å². The molecule has 1 aromatic rings. The van der Waals surface area contributed by atoms with Crippen LogP contribution in [0, 0.1) is 11.1 Å². The van der Waals surface area contributed by atoms with Gasteiger partial charge in [-0.25, -0.2) is 4.39 Å². The molecule has 4 N–H and O–H groups in total. The number of carbonyl (C=O) groups is 2. The molecule has 2 atom stereocenters. The SMILES string of the molecule is N[C@@H](CC(Cc1ccc(OCCF)c[n+]1[O-])C(=O)O)C(=O)O. The summed E-state index contributed by atoms with van der Waals surface area (Å²) in [7, 11) is 0. The molecule has 1 aromatic heterocycles. The Morgan fingerprint density at radius 3 is 2.55 bits per heavy atom. The lowest BCUT2D eigenvalue weighted by Gasteiger charge is -2.15. The molecule has 0 aliphatic rings. The van der Waals surface area contributed by atoms with Gasteiger partial charge >= 0.3 is 11.9 Å². The lowest BCUT2D eigenvalue weighted by molar-refractivity contribution is -0.614. The molecule has 0 fully saturated rings. The van der Waals surface area contributed by atoms with Crippen LogP contribution in [-0.4, -0.2) is 41.5 Å². The van der Waals surface area contributed by atoms with Crippen LogP contribution in [0.5, 0.6) is 5.75 Å². The van der Waals surface area contributed by atoms with E-state index in [1.807, 2.05) is 0 Å². The zero-order chi connectivity index (χ0) is 16.7. The summed E-state index contributed by atoms with van der Waals surface area (Å²) in [6, 6.07) is 1.44. The highest BCUT2D eigenvalue weighted by Crippen LogP contribution is 2.15. The van der Waals surface area contributed by atoms with Crippen LogP contribution in [0.2, 0.25) is 0 Å². The minimum absolute atomic E-state index is 0.123. The van der Waals surface area contributed by atoms with Crippen molar-refractivity contribution < 1.29 is 33.7 Å². The van der Waals surface area contributed by atoms with E-state index < -0.39 is 30.6 Å². The minimum Gasteiger partial charge on any atom is -0.618 e. The molecule has 1 heterocycles. The number of carboxylic acid groups (broad SMARTS) is 2. The van der Waals surface area contributed by atoms with Crippen molar-refractivity contribution >= 4 is 11.9 Å². The van der Waals surface area contributed by atoms with Gasteiger partial charge < -0.3 is 25.9 Å². The number of aliphatic carboxylic acids is 2. The average Bonchev–Trinajstić information content (AvgIpc) is 2.46. The second kappa shape index (κ2) is 8.13. The van der Waals surface area contributed by atoms with Crippen LogP contribution in [0.3, 0.4) is 0 Å². The summed E-state index contributed by atoms with van der Waals surface area (Å²) < 4.78 is 17.3. The zero-order valence-corrected chi connectivity index (χ0v) is 11.6. The molecule has 0 aliphatic carbocycles. The molecule has 0 aromatic carbocycles. The summed E-state index contributed by atoms with van der Waals surface area (Å²) in [5.74, 6) is -3.50. The number of alkyl halides is 1. The molecule has 0 spiro atoms. The number of nitrogens with zero attached hydrogens (tertiary/aromatic N) is 1. The second-order valence-electron chi connectivity index (χ2n) is 4.64. The number of hydrogen-bond donors (Lipinski definition) is 3. The van der Waals surface area contributed by atoms with E-state index in [4.69, 9.17) is 20.7 Å². The van der Waals surface area contributed by atoms with Crippen molar-refractivity contribution in [1.82, 2.24) is 0 Å². The minimum atomic E-state index is -1.33. The maximum Gasteiger partial charge on any atom is 0.320 e. The van der Waals surface area contributed by atoms with Crippen LogP contribution in [0.1, 0.15) is 12.1 Å². The Balaban J connectivity index is 2.81. The van der Waals surface area contributed by atoms with Crippen LogP contribution in [-0.2, 0) is 16.0 Å². The number of aromatic nitrogens is 1. The molecule has 0 saturated heterocycles. The third-order valence-electron chi connectivity index (χ3n) is 2.97. The van der Waals surface area contributed by atoms with E-state index >= 15 is 0 Å². The molecular weight excluding hydrogens is 299 g/mol. The maximum absolute atomic E-state index is 12.0. The van der Waals surface area contributed by atoms with Gasteiger partial charge in [-0.2, -0.15) is 4.73 Å². The number of pyridine rings is 1. The van der Waals surface area contributed by atoms with Gasteiger partial charge in [-0.3, -0.25) is 9.59 Å². The number of nitrogens with two attached hydrogens (primary N) is 1. The third kappa shape index (κ3) is 5.17. The first-order chi connectivity index (χ1) is 10.3. The highest BCUT2D eigenvalue weighted by Gasteiger charge is 2.27. The van der Waals surface area contributed by atoms with Crippen molar-refractivity contribution in [3.05, 3.63) is 29.2 Å². The number of hydrogen-bond acceptors (Lipinski definition) is 5. The molecule has 22 heavy (non-hydrogen) atoms. The van der Waals surface area contributed by atoms with Gasteiger partial charge in [0.25, 0.3) is 0 Å². The smallest absolute Gasteiger partial charge is 0.320 e. The predicted molar refractivity (Wildman–Crippen MR) is 71.9 cm³/mol. The van der Waals surface area contributed by atoms with Gasteiger partial charge in [0, 0.05) is 12.5 Å². The van der Waals surface area contributed by atoms with Crippen molar-refractivity contribution in [2.45, 2.75) is 18.9 Å². The Bertz CT molecular complexity index is 539. The number of halogens is 1. The number of ether oxygens (including phenoxy) is 1. The first kappa shape index (κ1) is 17.6. The van der Waals surface area contributed by atoms with Crippen LogP contribution >= 0.6 is 0 Å². The normalized spacial score (nSPS) is 13.4. The van der Waals surface area contributed by atoms with Crippen LogP contribution in [0.4, 0.5) is 4.39 Å². The van der Waals surface area contributed by atoms with Crippen LogP contribution in [0.25, 0.3) is 0 Å². The molecule has 0 radical (unpaired) electrons. The Morgan fingerprint density at radius 2 is 2.05 bits per heavy atom. The molecule has 1 rings (SSSR count). The topological polar surface area (TPSA) is 137 Å². The van der Waals surface area contributed by atoms with Gasteiger partial charge in [0.2, 0.25) is 6.20 Å². The summed E-state index contributed by atoms with van der Waals surface area (Å²) >= 11 is 0. The number of carboxylic acids is 2. The second-order valence-corrected chi connectivity index (χ2v) is 4.64. The Kier molecular flexibility index (Phi) is 6.51. The number of rotatable bonds is 9.